The van der Waals surface area contributed by atoms with Gasteiger partial charge in [-0.1, -0.05) is 12.1 Å². The van der Waals surface area contributed by atoms with E-state index in [-0.39, 0.29) is 16.9 Å². The van der Waals surface area contributed by atoms with Crippen molar-refractivity contribution in [2.24, 2.45) is 0 Å². The molecule has 2 heterocycles. The molecule has 0 atom stereocenters. The van der Waals surface area contributed by atoms with E-state index >= 15 is 0 Å². The van der Waals surface area contributed by atoms with Crippen LogP contribution in [0.5, 0.6) is 11.5 Å². The molecule has 37 heavy (non-hydrogen) atoms. The fraction of sp³-hybridized carbons (Fsp3) is 0.192. The molecule has 2 aromatic carbocycles. The van der Waals surface area contributed by atoms with Gasteiger partial charge in [0.05, 0.1) is 30.4 Å². The van der Waals surface area contributed by atoms with Crippen molar-refractivity contribution < 1.29 is 28.8 Å². The van der Waals surface area contributed by atoms with Crippen molar-refractivity contribution in [3.05, 3.63) is 81.2 Å². The predicted molar refractivity (Wildman–Crippen MR) is 135 cm³/mol. The van der Waals surface area contributed by atoms with Crippen molar-refractivity contribution in [3.8, 4) is 17.2 Å². The molecule has 0 aliphatic carbocycles. The van der Waals surface area contributed by atoms with Crippen LogP contribution in [-0.2, 0) is 9.59 Å². The first kappa shape index (κ1) is 25.2. The summed E-state index contributed by atoms with van der Waals surface area (Å²) in [5.41, 5.74) is 1.73. The average Bonchev–Trinajstić information content (AvgIpc) is 3.14. The van der Waals surface area contributed by atoms with Gasteiger partial charge in [0, 0.05) is 11.4 Å². The van der Waals surface area contributed by atoms with Gasteiger partial charge in [0.25, 0.3) is 17.5 Å². The number of carbonyl (C=O) groups is 3. The smallest absolute Gasteiger partial charge is 0.336 e. The third-order valence-corrected chi connectivity index (χ3v) is 5.90. The number of nitrogens with one attached hydrogen (secondary N) is 1. The van der Waals surface area contributed by atoms with Crippen molar-refractivity contribution in [2.75, 3.05) is 18.6 Å². The maximum atomic E-state index is 13.4. The number of barbiturate groups is 1. The summed E-state index contributed by atoms with van der Waals surface area (Å²) in [6, 6.07) is 11.8. The number of aromatic nitrogens is 1. The van der Waals surface area contributed by atoms with Crippen LogP contribution < -0.4 is 19.7 Å². The number of urea groups is 1. The number of nitro groups is 1. The lowest BCUT2D eigenvalue weighted by atomic mass is 10.1. The minimum Gasteiger partial charge on any atom is -0.496 e. The molecule has 1 N–H and O–H groups in total. The minimum atomic E-state index is -0.890. The molecule has 1 aliphatic heterocycles. The molecular formula is C26H24N4O7. The Morgan fingerprint density at radius 2 is 1.78 bits per heavy atom. The number of hydrogen-bond donors (Lipinski definition) is 1. The van der Waals surface area contributed by atoms with Crippen LogP contribution in [0, 0.1) is 24.0 Å². The lowest BCUT2D eigenvalue weighted by Gasteiger charge is -2.27. The number of nitro benzene ring substituents is 1. The molecule has 0 spiro atoms. The SMILES string of the molecule is CCOc1ccccc1N1C(=O)NC(=O)/C(=C\c2cc(C)n(-c3ccc(OC)cc3[N+](=O)[O-])c2C)C1=O. The van der Waals surface area contributed by atoms with Crippen LogP contribution in [0.15, 0.2) is 54.1 Å². The van der Waals surface area contributed by atoms with Crippen LogP contribution >= 0.6 is 0 Å². The number of carbonyl (C=O) groups excluding carboxylic acids is 3. The molecule has 0 unspecified atom stereocenters. The topological polar surface area (TPSA) is 133 Å². The second kappa shape index (κ2) is 9.97. The zero-order chi connectivity index (χ0) is 26.9. The van der Waals surface area contributed by atoms with Crippen molar-refractivity contribution in [1.82, 2.24) is 9.88 Å². The molecule has 0 radical (unpaired) electrons. The normalized spacial score (nSPS) is 14.6. The maximum Gasteiger partial charge on any atom is 0.336 e. The highest BCUT2D eigenvalue weighted by atomic mass is 16.6. The minimum absolute atomic E-state index is 0.170. The summed E-state index contributed by atoms with van der Waals surface area (Å²) in [5, 5.41) is 14.0. The summed E-state index contributed by atoms with van der Waals surface area (Å²) in [4.78, 5) is 50.9. The Hall–Kier alpha value is -4.93. The molecule has 0 bridgehead atoms. The van der Waals surface area contributed by atoms with E-state index < -0.39 is 22.8 Å². The second-order valence-electron chi connectivity index (χ2n) is 8.13. The highest BCUT2D eigenvalue weighted by Crippen LogP contribution is 2.34. The van der Waals surface area contributed by atoms with E-state index in [0.29, 0.717) is 40.7 Å². The van der Waals surface area contributed by atoms with E-state index in [1.807, 2.05) is 0 Å². The average molecular weight is 504 g/mol. The van der Waals surface area contributed by atoms with E-state index in [1.54, 1.807) is 67.8 Å². The third-order valence-electron chi connectivity index (χ3n) is 5.90. The van der Waals surface area contributed by atoms with Gasteiger partial charge >= 0.3 is 6.03 Å². The van der Waals surface area contributed by atoms with Crippen molar-refractivity contribution >= 4 is 35.3 Å². The fourth-order valence-electron chi connectivity index (χ4n) is 4.22. The number of rotatable bonds is 7. The standard InChI is InChI=1S/C26H24N4O7/c1-5-37-23-9-7-6-8-21(23)29-25(32)19(24(31)27-26(29)33)13-17-12-15(2)28(16(17)3)20-11-10-18(36-4)14-22(20)30(34)35/h6-14H,5H2,1-4H3,(H,27,31,33)/b19-13+. The molecule has 1 fully saturated rings. The monoisotopic (exact) mass is 504 g/mol. The number of amides is 4. The summed E-state index contributed by atoms with van der Waals surface area (Å²) < 4.78 is 12.3. The molecule has 1 saturated heterocycles. The predicted octanol–water partition coefficient (Wildman–Crippen LogP) is 4.08. The number of methoxy groups -OCH3 is 1. The lowest BCUT2D eigenvalue weighted by molar-refractivity contribution is -0.384. The summed E-state index contributed by atoms with van der Waals surface area (Å²) in [7, 11) is 1.42. The molecule has 4 amide bonds. The van der Waals surface area contributed by atoms with Gasteiger partial charge in [0.2, 0.25) is 0 Å². The van der Waals surface area contributed by atoms with Crippen molar-refractivity contribution in [3.63, 3.8) is 0 Å². The number of hydrogen-bond acceptors (Lipinski definition) is 7. The van der Waals surface area contributed by atoms with Gasteiger partial charge in [0.1, 0.15) is 22.8 Å². The largest absolute Gasteiger partial charge is 0.496 e. The maximum absolute atomic E-state index is 13.4. The Balaban J connectivity index is 1.80. The van der Waals surface area contributed by atoms with Gasteiger partial charge in [-0.15, -0.1) is 0 Å². The number of imide groups is 2. The van der Waals surface area contributed by atoms with E-state index in [0.717, 1.165) is 4.90 Å². The summed E-state index contributed by atoms with van der Waals surface area (Å²) in [6.07, 6.45) is 1.37. The molecule has 190 valence electrons. The highest BCUT2D eigenvalue weighted by Gasteiger charge is 2.38. The summed E-state index contributed by atoms with van der Waals surface area (Å²) in [6.45, 7) is 5.55. The Morgan fingerprint density at radius 1 is 1.05 bits per heavy atom. The van der Waals surface area contributed by atoms with Crippen molar-refractivity contribution in [1.29, 1.82) is 0 Å². The molecular weight excluding hydrogens is 480 g/mol. The molecule has 0 saturated carbocycles. The van der Waals surface area contributed by atoms with Gasteiger partial charge in [-0.25, -0.2) is 9.69 Å². The van der Waals surface area contributed by atoms with Crippen LogP contribution in [0.2, 0.25) is 0 Å². The van der Waals surface area contributed by atoms with E-state index in [9.17, 15) is 24.5 Å². The zero-order valence-corrected chi connectivity index (χ0v) is 20.6. The molecule has 4 rings (SSSR count). The summed E-state index contributed by atoms with van der Waals surface area (Å²) >= 11 is 0. The number of benzene rings is 2. The Bertz CT molecular complexity index is 1470. The molecule has 1 aromatic heterocycles. The van der Waals surface area contributed by atoms with E-state index in [4.69, 9.17) is 9.47 Å². The number of anilines is 1. The Morgan fingerprint density at radius 3 is 2.46 bits per heavy atom. The summed E-state index contributed by atoms with van der Waals surface area (Å²) in [5.74, 6) is -1.02. The highest BCUT2D eigenvalue weighted by molar-refractivity contribution is 6.39. The number of aryl methyl sites for hydroxylation is 1. The van der Waals surface area contributed by atoms with Gasteiger partial charge in [-0.3, -0.25) is 25.0 Å². The van der Waals surface area contributed by atoms with E-state index in [1.165, 1.54) is 19.3 Å². The molecule has 3 aromatic rings. The Kier molecular flexibility index (Phi) is 6.79. The Labute approximate surface area is 212 Å². The number of nitrogens with zero attached hydrogens (tertiary/aromatic N) is 3. The van der Waals surface area contributed by atoms with Crippen LogP contribution in [0.4, 0.5) is 16.2 Å². The quantitative estimate of drug-likeness (QED) is 0.222. The van der Waals surface area contributed by atoms with Crippen LogP contribution in [-0.4, -0.2) is 41.1 Å². The van der Waals surface area contributed by atoms with Gasteiger partial charge in [0.15, 0.2) is 0 Å². The first-order valence-corrected chi connectivity index (χ1v) is 11.3. The van der Waals surface area contributed by atoms with E-state index in [2.05, 4.69) is 5.32 Å². The molecule has 1 aliphatic rings. The fourth-order valence-corrected chi connectivity index (χ4v) is 4.22. The van der Waals surface area contributed by atoms with Crippen LogP contribution in [0.25, 0.3) is 11.8 Å². The number of ether oxygens (including phenoxy) is 2. The third kappa shape index (κ3) is 4.54. The van der Waals surface area contributed by atoms with Gasteiger partial charge in [-0.05, 0) is 62.7 Å². The molecule has 11 heteroatoms. The first-order valence-electron chi connectivity index (χ1n) is 11.3. The van der Waals surface area contributed by atoms with Crippen molar-refractivity contribution in [2.45, 2.75) is 20.8 Å². The first-order chi connectivity index (χ1) is 17.7. The molecule has 11 nitrogen and oxygen atoms in total. The lowest BCUT2D eigenvalue weighted by Crippen LogP contribution is -2.54. The zero-order valence-electron chi connectivity index (χ0n) is 20.6. The van der Waals surface area contributed by atoms with Gasteiger partial charge in [-0.2, -0.15) is 0 Å². The second-order valence-corrected chi connectivity index (χ2v) is 8.13. The van der Waals surface area contributed by atoms with Crippen LogP contribution in [0.1, 0.15) is 23.9 Å². The number of para-hydroxylation sites is 2. The van der Waals surface area contributed by atoms with Crippen LogP contribution in [0.3, 0.4) is 0 Å². The van der Waals surface area contributed by atoms with Gasteiger partial charge < -0.3 is 14.0 Å².